The highest BCUT2D eigenvalue weighted by molar-refractivity contribution is 5.16. The molecule has 1 heterocycles. The van der Waals surface area contributed by atoms with E-state index in [0.717, 1.165) is 5.56 Å². The van der Waals surface area contributed by atoms with Crippen LogP contribution in [0.3, 0.4) is 0 Å². The lowest BCUT2D eigenvalue weighted by Gasteiger charge is -2.39. The molecule has 1 saturated heterocycles. The van der Waals surface area contributed by atoms with Gasteiger partial charge in [-0.2, -0.15) is 0 Å². The Balaban J connectivity index is 2.11. The predicted octanol–water partition coefficient (Wildman–Crippen LogP) is 0.844. The highest BCUT2D eigenvalue weighted by atomic mass is 16.7. The quantitative estimate of drug-likeness (QED) is 0.781. The Kier molecular flexibility index (Phi) is 3.25. The molecule has 1 aromatic rings. The molecule has 0 saturated carbocycles. The van der Waals surface area contributed by atoms with E-state index in [9.17, 15) is 5.11 Å². The van der Waals surface area contributed by atoms with Gasteiger partial charge in [-0.1, -0.05) is 30.3 Å². The van der Waals surface area contributed by atoms with Crippen molar-refractivity contribution in [2.45, 2.75) is 24.9 Å². The molecule has 1 aliphatic heterocycles. The van der Waals surface area contributed by atoms with E-state index >= 15 is 0 Å². The fourth-order valence-electron chi connectivity index (χ4n) is 1.70. The second kappa shape index (κ2) is 4.51. The van der Waals surface area contributed by atoms with Crippen molar-refractivity contribution in [2.75, 3.05) is 13.2 Å². The molecule has 0 aromatic heterocycles. The van der Waals surface area contributed by atoms with Crippen molar-refractivity contribution in [1.82, 2.24) is 0 Å². The average molecular weight is 224 g/mol. The number of ether oxygens (including phenoxy) is 2. The lowest BCUT2D eigenvalue weighted by Crippen LogP contribution is -2.52. The van der Waals surface area contributed by atoms with Gasteiger partial charge in [-0.3, -0.25) is 0 Å². The Hall–Kier alpha value is -0.940. The number of hydrogen-bond donors (Lipinski definition) is 2. The van der Waals surface area contributed by atoms with E-state index in [4.69, 9.17) is 14.6 Å². The monoisotopic (exact) mass is 224 g/mol. The maximum absolute atomic E-state index is 9.89. The molecule has 0 radical (unpaired) electrons. The minimum atomic E-state index is -1.14. The van der Waals surface area contributed by atoms with Gasteiger partial charge in [-0.15, -0.1) is 0 Å². The van der Waals surface area contributed by atoms with Gasteiger partial charge in [0.2, 0.25) is 0 Å². The van der Waals surface area contributed by atoms with Crippen LogP contribution in [0.4, 0.5) is 0 Å². The zero-order valence-electron chi connectivity index (χ0n) is 9.17. The number of benzene rings is 1. The first-order chi connectivity index (χ1) is 7.63. The number of aliphatic hydroxyl groups is 2. The first-order valence-corrected chi connectivity index (χ1v) is 5.29. The van der Waals surface area contributed by atoms with Crippen LogP contribution in [0.25, 0.3) is 0 Å². The van der Waals surface area contributed by atoms with Crippen LogP contribution in [0.5, 0.6) is 0 Å². The largest absolute Gasteiger partial charge is 0.394 e. The molecule has 0 spiro atoms. The summed E-state index contributed by atoms with van der Waals surface area (Å²) in [7, 11) is 0. The molecule has 1 aliphatic rings. The standard InChI is InChI=1S/C12H16O4/c1-12(14)8-15-11(16-10(12)7-13)9-5-3-2-4-6-9/h2-6,10-11,13-14H,7-8H2,1H3/t10-,11+,12+/m1/s1. The van der Waals surface area contributed by atoms with E-state index in [1.807, 2.05) is 30.3 Å². The first-order valence-electron chi connectivity index (χ1n) is 5.29. The maximum Gasteiger partial charge on any atom is 0.184 e. The topological polar surface area (TPSA) is 58.9 Å². The summed E-state index contributed by atoms with van der Waals surface area (Å²) in [6.45, 7) is 1.52. The smallest absolute Gasteiger partial charge is 0.184 e. The summed E-state index contributed by atoms with van der Waals surface area (Å²) in [5.41, 5.74) is -0.253. The van der Waals surface area contributed by atoms with Gasteiger partial charge < -0.3 is 19.7 Å². The van der Waals surface area contributed by atoms with Gasteiger partial charge in [0.15, 0.2) is 6.29 Å². The maximum atomic E-state index is 9.89. The van der Waals surface area contributed by atoms with Crippen molar-refractivity contribution in [3.8, 4) is 0 Å². The van der Waals surface area contributed by atoms with Crippen molar-refractivity contribution in [1.29, 1.82) is 0 Å². The van der Waals surface area contributed by atoms with Gasteiger partial charge in [0.25, 0.3) is 0 Å². The van der Waals surface area contributed by atoms with Gasteiger partial charge in [0.1, 0.15) is 11.7 Å². The van der Waals surface area contributed by atoms with Crippen molar-refractivity contribution in [3.63, 3.8) is 0 Å². The van der Waals surface area contributed by atoms with E-state index in [2.05, 4.69) is 0 Å². The molecule has 0 bridgehead atoms. The second-order valence-electron chi connectivity index (χ2n) is 4.22. The van der Waals surface area contributed by atoms with Crippen molar-refractivity contribution < 1.29 is 19.7 Å². The van der Waals surface area contributed by atoms with Gasteiger partial charge in [-0.05, 0) is 6.92 Å². The van der Waals surface area contributed by atoms with E-state index in [1.54, 1.807) is 6.92 Å². The molecule has 3 atom stereocenters. The molecule has 0 unspecified atom stereocenters. The minimum absolute atomic E-state index is 0.151. The Bertz CT molecular complexity index is 336. The van der Waals surface area contributed by atoms with Crippen molar-refractivity contribution in [2.24, 2.45) is 0 Å². The third kappa shape index (κ3) is 2.25. The summed E-state index contributed by atoms with van der Waals surface area (Å²) >= 11 is 0. The second-order valence-corrected chi connectivity index (χ2v) is 4.22. The highest BCUT2D eigenvalue weighted by Gasteiger charge is 2.40. The molecule has 2 N–H and O–H groups in total. The number of rotatable bonds is 2. The molecular formula is C12H16O4. The average Bonchev–Trinajstić information content (AvgIpc) is 2.30. The van der Waals surface area contributed by atoms with Crippen LogP contribution in [0.15, 0.2) is 30.3 Å². The Morgan fingerprint density at radius 3 is 2.69 bits per heavy atom. The molecule has 16 heavy (non-hydrogen) atoms. The predicted molar refractivity (Wildman–Crippen MR) is 57.7 cm³/mol. The number of hydrogen-bond acceptors (Lipinski definition) is 4. The molecule has 1 fully saturated rings. The lowest BCUT2D eigenvalue weighted by atomic mass is 9.99. The first kappa shape index (κ1) is 11.5. The summed E-state index contributed by atoms with van der Waals surface area (Å²) in [6.07, 6.45) is -1.13. The summed E-state index contributed by atoms with van der Waals surface area (Å²) in [4.78, 5) is 0. The zero-order chi connectivity index (χ0) is 11.6. The Morgan fingerprint density at radius 2 is 2.06 bits per heavy atom. The molecule has 2 rings (SSSR count). The zero-order valence-corrected chi connectivity index (χ0v) is 9.17. The van der Waals surface area contributed by atoms with Crippen LogP contribution in [0.1, 0.15) is 18.8 Å². The third-order valence-electron chi connectivity index (χ3n) is 2.75. The summed E-state index contributed by atoms with van der Waals surface area (Å²) in [5, 5.41) is 19.0. The van der Waals surface area contributed by atoms with Crippen LogP contribution in [-0.4, -0.2) is 35.1 Å². The summed E-state index contributed by atoms with van der Waals surface area (Å²) in [5.74, 6) is 0. The van der Waals surface area contributed by atoms with Crippen molar-refractivity contribution in [3.05, 3.63) is 35.9 Å². The lowest BCUT2D eigenvalue weighted by molar-refractivity contribution is -0.294. The summed E-state index contributed by atoms with van der Waals surface area (Å²) < 4.78 is 10.9. The van der Waals surface area contributed by atoms with Crippen LogP contribution in [0, 0.1) is 0 Å². The van der Waals surface area contributed by atoms with E-state index in [0.29, 0.717) is 0 Å². The Labute approximate surface area is 94.4 Å². The molecular weight excluding hydrogens is 208 g/mol. The molecule has 88 valence electrons. The molecule has 4 nitrogen and oxygen atoms in total. The van der Waals surface area contributed by atoms with Gasteiger partial charge in [0, 0.05) is 5.56 Å². The molecule has 1 aromatic carbocycles. The number of aliphatic hydroxyl groups excluding tert-OH is 1. The third-order valence-corrected chi connectivity index (χ3v) is 2.75. The fourth-order valence-corrected chi connectivity index (χ4v) is 1.70. The summed E-state index contributed by atoms with van der Waals surface area (Å²) in [6, 6.07) is 9.47. The van der Waals surface area contributed by atoms with Crippen molar-refractivity contribution >= 4 is 0 Å². The minimum Gasteiger partial charge on any atom is -0.394 e. The van der Waals surface area contributed by atoms with Crippen LogP contribution < -0.4 is 0 Å². The molecule has 0 amide bonds. The highest BCUT2D eigenvalue weighted by Crippen LogP contribution is 2.30. The van der Waals surface area contributed by atoms with Crippen LogP contribution in [-0.2, 0) is 9.47 Å². The van der Waals surface area contributed by atoms with Gasteiger partial charge in [0.05, 0.1) is 13.2 Å². The van der Waals surface area contributed by atoms with E-state index < -0.39 is 18.0 Å². The SMILES string of the molecule is C[C@]1(O)CO[C@H](c2ccccc2)O[C@@H]1CO. The van der Waals surface area contributed by atoms with Crippen LogP contribution >= 0.6 is 0 Å². The van der Waals surface area contributed by atoms with Gasteiger partial charge >= 0.3 is 0 Å². The fraction of sp³-hybridized carbons (Fsp3) is 0.500. The molecule has 0 aliphatic carbocycles. The molecule has 4 heteroatoms. The Morgan fingerprint density at radius 1 is 1.38 bits per heavy atom. The van der Waals surface area contributed by atoms with E-state index in [1.165, 1.54) is 0 Å². The van der Waals surface area contributed by atoms with Gasteiger partial charge in [-0.25, -0.2) is 0 Å². The normalized spacial score (nSPS) is 34.9. The van der Waals surface area contributed by atoms with E-state index in [-0.39, 0.29) is 13.2 Å². The van der Waals surface area contributed by atoms with Crippen LogP contribution in [0.2, 0.25) is 0 Å².